The van der Waals surface area contributed by atoms with Gasteiger partial charge in [-0.3, -0.25) is 0 Å². The van der Waals surface area contributed by atoms with E-state index in [9.17, 15) is 4.39 Å². The molecule has 0 aliphatic heterocycles. The topological polar surface area (TPSA) is 3.24 Å². The smallest absolute Gasteiger partial charge is 0.125 e. The highest BCUT2D eigenvalue weighted by molar-refractivity contribution is 5.62. The fourth-order valence-corrected chi connectivity index (χ4v) is 1.92. The summed E-state index contributed by atoms with van der Waals surface area (Å²) in [7, 11) is 1.94. The van der Waals surface area contributed by atoms with Crippen LogP contribution in [0.4, 0.5) is 15.8 Å². The molecular formula is C16H18FN. The number of benzene rings is 2. The molecule has 0 amide bonds. The zero-order valence-corrected chi connectivity index (χ0v) is 11.0. The van der Waals surface area contributed by atoms with Gasteiger partial charge in [-0.25, -0.2) is 4.39 Å². The first-order valence-electron chi connectivity index (χ1n) is 6.17. The number of hydrogen-bond donors (Lipinski definition) is 0. The predicted octanol–water partition coefficient (Wildman–Crippen LogP) is 4.72. The van der Waals surface area contributed by atoms with E-state index in [2.05, 4.69) is 38.1 Å². The second-order valence-electron chi connectivity index (χ2n) is 4.79. The first kappa shape index (κ1) is 12.6. The molecule has 0 radical (unpaired) electrons. The van der Waals surface area contributed by atoms with Gasteiger partial charge in [0, 0.05) is 18.4 Å². The summed E-state index contributed by atoms with van der Waals surface area (Å²) in [6.45, 7) is 4.34. The van der Waals surface area contributed by atoms with Gasteiger partial charge in [0.15, 0.2) is 0 Å². The monoisotopic (exact) mass is 243 g/mol. The molecule has 2 heteroatoms. The van der Waals surface area contributed by atoms with E-state index in [0.29, 0.717) is 5.92 Å². The lowest BCUT2D eigenvalue weighted by Crippen LogP contribution is -2.09. The van der Waals surface area contributed by atoms with Crippen LogP contribution in [0.2, 0.25) is 0 Å². The molecule has 0 fully saturated rings. The summed E-state index contributed by atoms with van der Waals surface area (Å²) in [5.74, 6) is 0.316. The molecule has 0 bridgehead atoms. The van der Waals surface area contributed by atoms with Crippen molar-refractivity contribution in [3.8, 4) is 0 Å². The highest BCUT2D eigenvalue weighted by atomic mass is 19.1. The molecule has 0 atom stereocenters. The summed E-state index contributed by atoms with van der Waals surface area (Å²) in [6.07, 6.45) is 0. The molecular weight excluding hydrogens is 225 g/mol. The normalized spacial score (nSPS) is 10.7. The van der Waals surface area contributed by atoms with Gasteiger partial charge in [0.1, 0.15) is 5.82 Å². The molecule has 0 heterocycles. The minimum Gasteiger partial charge on any atom is -0.345 e. The third-order valence-corrected chi connectivity index (χ3v) is 3.14. The molecule has 0 unspecified atom stereocenters. The second-order valence-corrected chi connectivity index (χ2v) is 4.79. The summed E-state index contributed by atoms with van der Waals surface area (Å²) in [6, 6.07) is 15.0. The molecule has 2 rings (SSSR count). The largest absolute Gasteiger partial charge is 0.345 e. The Balaban J connectivity index is 2.26. The van der Waals surface area contributed by atoms with Crippen molar-refractivity contribution in [1.82, 2.24) is 0 Å². The molecule has 2 aromatic carbocycles. The van der Waals surface area contributed by atoms with Crippen LogP contribution >= 0.6 is 0 Å². The van der Waals surface area contributed by atoms with Crippen molar-refractivity contribution in [3.63, 3.8) is 0 Å². The van der Waals surface area contributed by atoms with Gasteiger partial charge >= 0.3 is 0 Å². The first-order chi connectivity index (χ1) is 8.58. The van der Waals surface area contributed by atoms with Gasteiger partial charge < -0.3 is 4.90 Å². The SMILES string of the molecule is CC(C)c1ccc(N(C)c2cccc(F)c2)cc1. The van der Waals surface area contributed by atoms with E-state index in [1.54, 1.807) is 6.07 Å². The van der Waals surface area contributed by atoms with Crippen LogP contribution in [-0.4, -0.2) is 7.05 Å². The molecule has 0 spiro atoms. The van der Waals surface area contributed by atoms with Crippen molar-refractivity contribution in [2.24, 2.45) is 0 Å². The van der Waals surface area contributed by atoms with E-state index in [1.807, 2.05) is 18.0 Å². The zero-order chi connectivity index (χ0) is 13.1. The lowest BCUT2D eigenvalue weighted by atomic mass is 10.0. The van der Waals surface area contributed by atoms with Gasteiger partial charge in [-0.2, -0.15) is 0 Å². The lowest BCUT2D eigenvalue weighted by molar-refractivity contribution is 0.628. The molecule has 0 aromatic heterocycles. The highest BCUT2D eigenvalue weighted by Crippen LogP contribution is 2.25. The number of halogens is 1. The molecule has 0 N–H and O–H groups in total. The maximum Gasteiger partial charge on any atom is 0.125 e. The molecule has 94 valence electrons. The predicted molar refractivity (Wildman–Crippen MR) is 75.0 cm³/mol. The van der Waals surface area contributed by atoms with Gasteiger partial charge in [0.2, 0.25) is 0 Å². The van der Waals surface area contributed by atoms with Crippen molar-refractivity contribution in [1.29, 1.82) is 0 Å². The summed E-state index contributed by atoms with van der Waals surface area (Å²) in [5, 5.41) is 0. The first-order valence-corrected chi connectivity index (χ1v) is 6.17. The highest BCUT2D eigenvalue weighted by Gasteiger charge is 2.05. The summed E-state index contributed by atoms with van der Waals surface area (Å²) >= 11 is 0. The lowest BCUT2D eigenvalue weighted by Gasteiger charge is -2.20. The second kappa shape index (κ2) is 5.21. The minimum atomic E-state index is -0.210. The van der Waals surface area contributed by atoms with Crippen LogP contribution in [0, 0.1) is 5.82 Å². The number of nitrogens with zero attached hydrogens (tertiary/aromatic N) is 1. The fourth-order valence-electron chi connectivity index (χ4n) is 1.92. The Kier molecular flexibility index (Phi) is 3.66. The maximum atomic E-state index is 13.2. The van der Waals surface area contributed by atoms with Gasteiger partial charge in [-0.1, -0.05) is 32.0 Å². The van der Waals surface area contributed by atoms with E-state index >= 15 is 0 Å². The quantitative estimate of drug-likeness (QED) is 0.754. The van der Waals surface area contributed by atoms with Gasteiger partial charge in [-0.15, -0.1) is 0 Å². The molecule has 0 aliphatic carbocycles. The van der Waals surface area contributed by atoms with Crippen LogP contribution < -0.4 is 4.90 Å². The molecule has 18 heavy (non-hydrogen) atoms. The van der Waals surface area contributed by atoms with Crippen molar-refractivity contribution in [3.05, 3.63) is 59.9 Å². The van der Waals surface area contributed by atoms with Crippen molar-refractivity contribution < 1.29 is 4.39 Å². The summed E-state index contributed by atoms with van der Waals surface area (Å²) in [5.41, 5.74) is 3.23. The zero-order valence-electron chi connectivity index (χ0n) is 11.0. The fraction of sp³-hybridized carbons (Fsp3) is 0.250. The average molecular weight is 243 g/mol. The summed E-state index contributed by atoms with van der Waals surface area (Å²) < 4.78 is 13.2. The Morgan fingerprint density at radius 3 is 2.17 bits per heavy atom. The van der Waals surface area contributed by atoms with Crippen molar-refractivity contribution >= 4 is 11.4 Å². The molecule has 1 nitrogen and oxygen atoms in total. The van der Waals surface area contributed by atoms with E-state index in [4.69, 9.17) is 0 Å². The Bertz CT molecular complexity index is 517. The average Bonchev–Trinajstić information content (AvgIpc) is 2.38. The molecule has 0 saturated carbocycles. The molecule has 0 aliphatic rings. The molecule has 0 saturated heterocycles. The van der Waals surface area contributed by atoms with Crippen LogP contribution in [0.25, 0.3) is 0 Å². The Morgan fingerprint density at radius 2 is 1.61 bits per heavy atom. The Hall–Kier alpha value is -1.83. The summed E-state index contributed by atoms with van der Waals surface area (Å²) in [4.78, 5) is 1.98. The van der Waals surface area contributed by atoms with Gasteiger partial charge in [0.25, 0.3) is 0 Å². The Labute approximate surface area is 108 Å². The van der Waals surface area contributed by atoms with E-state index in [-0.39, 0.29) is 5.82 Å². The minimum absolute atomic E-state index is 0.210. The number of rotatable bonds is 3. The third kappa shape index (κ3) is 2.70. The molecule has 2 aromatic rings. The van der Waals surface area contributed by atoms with E-state index < -0.39 is 0 Å². The van der Waals surface area contributed by atoms with Crippen LogP contribution in [0.3, 0.4) is 0 Å². The Morgan fingerprint density at radius 1 is 0.944 bits per heavy atom. The maximum absolute atomic E-state index is 13.2. The van der Waals surface area contributed by atoms with Crippen LogP contribution in [0.1, 0.15) is 25.3 Å². The van der Waals surface area contributed by atoms with Crippen LogP contribution in [0.5, 0.6) is 0 Å². The van der Waals surface area contributed by atoms with E-state index in [0.717, 1.165) is 11.4 Å². The van der Waals surface area contributed by atoms with Gasteiger partial charge in [0.05, 0.1) is 0 Å². The standard InChI is InChI=1S/C16H18FN/c1-12(2)13-7-9-15(10-8-13)18(3)16-6-4-5-14(17)11-16/h4-12H,1-3H3. The van der Waals surface area contributed by atoms with Crippen LogP contribution in [-0.2, 0) is 0 Å². The van der Waals surface area contributed by atoms with Crippen LogP contribution in [0.15, 0.2) is 48.5 Å². The van der Waals surface area contributed by atoms with E-state index in [1.165, 1.54) is 17.7 Å². The van der Waals surface area contributed by atoms with Crippen molar-refractivity contribution in [2.45, 2.75) is 19.8 Å². The van der Waals surface area contributed by atoms with Crippen molar-refractivity contribution in [2.75, 3.05) is 11.9 Å². The third-order valence-electron chi connectivity index (χ3n) is 3.14. The number of hydrogen-bond acceptors (Lipinski definition) is 1. The number of anilines is 2. The van der Waals surface area contributed by atoms with Gasteiger partial charge in [-0.05, 0) is 41.8 Å².